The molecule has 1 heterocycles. The summed E-state index contributed by atoms with van der Waals surface area (Å²) in [6.07, 6.45) is 2.41. The Labute approximate surface area is 115 Å². The van der Waals surface area contributed by atoms with Gasteiger partial charge in [0, 0.05) is 19.8 Å². The number of carbonyl (C=O) groups is 2. The lowest BCUT2D eigenvalue weighted by Crippen LogP contribution is -2.68. The van der Waals surface area contributed by atoms with Gasteiger partial charge in [-0.15, -0.1) is 0 Å². The van der Waals surface area contributed by atoms with Crippen molar-refractivity contribution in [2.75, 3.05) is 19.8 Å². The first-order valence-corrected chi connectivity index (χ1v) is 7.14. The van der Waals surface area contributed by atoms with Gasteiger partial charge in [0.15, 0.2) is 0 Å². The van der Waals surface area contributed by atoms with Crippen LogP contribution in [0.15, 0.2) is 0 Å². The van der Waals surface area contributed by atoms with Crippen molar-refractivity contribution in [2.24, 2.45) is 0 Å². The van der Waals surface area contributed by atoms with Crippen molar-refractivity contribution in [1.29, 1.82) is 0 Å². The van der Waals surface area contributed by atoms with Gasteiger partial charge in [-0.1, -0.05) is 13.8 Å². The van der Waals surface area contributed by atoms with Gasteiger partial charge in [-0.25, -0.2) is 0 Å². The predicted molar refractivity (Wildman–Crippen MR) is 73.7 cm³/mol. The standard InChI is InChI=1S/C14H26N2O3/c1-5-9-19-10-7-8-16-11(6-2)12(17)15-14(3,4)13(16)18/h11H,5-10H2,1-4H3,(H,15,17). The van der Waals surface area contributed by atoms with E-state index >= 15 is 0 Å². The summed E-state index contributed by atoms with van der Waals surface area (Å²) in [5.74, 6) is -0.0592. The number of hydrogen-bond acceptors (Lipinski definition) is 3. The average molecular weight is 270 g/mol. The van der Waals surface area contributed by atoms with Crippen molar-refractivity contribution in [1.82, 2.24) is 10.2 Å². The van der Waals surface area contributed by atoms with E-state index in [1.807, 2.05) is 6.92 Å². The number of nitrogens with zero attached hydrogens (tertiary/aromatic N) is 1. The third-order valence-corrected chi connectivity index (χ3v) is 3.33. The van der Waals surface area contributed by atoms with Crippen LogP contribution in [0, 0.1) is 0 Å². The molecule has 1 aliphatic rings. The first kappa shape index (κ1) is 16.0. The molecule has 5 heteroatoms. The number of nitrogens with one attached hydrogen (secondary N) is 1. The first-order valence-electron chi connectivity index (χ1n) is 7.14. The zero-order chi connectivity index (χ0) is 14.5. The minimum atomic E-state index is -0.799. The fraction of sp³-hybridized carbons (Fsp3) is 0.857. The molecular formula is C14H26N2O3. The minimum absolute atomic E-state index is 0.00515. The number of amides is 2. The zero-order valence-corrected chi connectivity index (χ0v) is 12.5. The predicted octanol–water partition coefficient (Wildman–Crippen LogP) is 1.32. The first-order chi connectivity index (χ1) is 8.94. The summed E-state index contributed by atoms with van der Waals surface area (Å²) in [4.78, 5) is 26.1. The van der Waals surface area contributed by atoms with E-state index in [-0.39, 0.29) is 17.9 Å². The van der Waals surface area contributed by atoms with Crippen molar-refractivity contribution in [3.05, 3.63) is 0 Å². The smallest absolute Gasteiger partial charge is 0.248 e. The normalized spacial score (nSPS) is 22.5. The van der Waals surface area contributed by atoms with Gasteiger partial charge in [-0.2, -0.15) is 0 Å². The van der Waals surface area contributed by atoms with Crippen molar-refractivity contribution in [2.45, 2.75) is 58.5 Å². The largest absolute Gasteiger partial charge is 0.381 e. The lowest BCUT2D eigenvalue weighted by Gasteiger charge is -2.42. The van der Waals surface area contributed by atoms with Crippen LogP contribution in [0.4, 0.5) is 0 Å². The van der Waals surface area contributed by atoms with E-state index in [4.69, 9.17) is 4.74 Å². The Balaban J connectivity index is 2.59. The van der Waals surface area contributed by atoms with Crippen molar-refractivity contribution in [3.8, 4) is 0 Å². The molecule has 1 fully saturated rings. The van der Waals surface area contributed by atoms with Gasteiger partial charge in [0.1, 0.15) is 11.6 Å². The molecule has 0 bridgehead atoms. The van der Waals surface area contributed by atoms with Crippen LogP contribution < -0.4 is 5.32 Å². The monoisotopic (exact) mass is 270 g/mol. The van der Waals surface area contributed by atoms with E-state index in [1.54, 1.807) is 18.7 Å². The topological polar surface area (TPSA) is 58.6 Å². The molecule has 110 valence electrons. The minimum Gasteiger partial charge on any atom is -0.381 e. The second-order valence-electron chi connectivity index (χ2n) is 5.50. The van der Waals surface area contributed by atoms with Gasteiger partial charge in [-0.3, -0.25) is 9.59 Å². The van der Waals surface area contributed by atoms with Gasteiger partial charge in [0.25, 0.3) is 0 Å². The Hall–Kier alpha value is -1.10. The van der Waals surface area contributed by atoms with Crippen LogP contribution in [0.3, 0.4) is 0 Å². The fourth-order valence-electron chi connectivity index (χ4n) is 2.33. The highest BCUT2D eigenvalue weighted by atomic mass is 16.5. The summed E-state index contributed by atoms with van der Waals surface area (Å²) in [6.45, 7) is 9.45. The molecule has 5 nitrogen and oxygen atoms in total. The number of ether oxygens (including phenoxy) is 1. The Morgan fingerprint density at radius 1 is 1.26 bits per heavy atom. The van der Waals surface area contributed by atoms with E-state index in [0.717, 1.165) is 19.4 Å². The van der Waals surface area contributed by atoms with E-state index in [2.05, 4.69) is 12.2 Å². The van der Waals surface area contributed by atoms with E-state index in [0.29, 0.717) is 19.6 Å². The molecule has 0 aromatic heterocycles. The average Bonchev–Trinajstić information content (AvgIpc) is 2.34. The molecule has 1 aliphatic heterocycles. The maximum absolute atomic E-state index is 12.4. The van der Waals surface area contributed by atoms with Crippen molar-refractivity contribution >= 4 is 11.8 Å². The second-order valence-corrected chi connectivity index (χ2v) is 5.50. The van der Waals surface area contributed by atoms with Gasteiger partial charge in [0.2, 0.25) is 11.8 Å². The van der Waals surface area contributed by atoms with Gasteiger partial charge in [-0.05, 0) is 33.1 Å². The molecule has 1 rings (SSSR count). The number of piperazine rings is 1. The zero-order valence-electron chi connectivity index (χ0n) is 12.5. The summed E-state index contributed by atoms with van der Waals surface area (Å²) in [7, 11) is 0. The maximum atomic E-state index is 12.4. The molecule has 0 saturated carbocycles. The summed E-state index contributed by atoms with van der Waals surface area (Å²) in [6, 6.07) is -0.341. The van der Waals surface area contributed by atoms with Gasteiger partial charge in [0.05, 0.1) is 0 Å². The van der Waals surface area contributed by atoms with Crippen LogP contribution in [0.1, 0.15) is 47.0 Å². The molecule has 0 radical (unpaired) electrons. The molecule has 0 aliphatic carbocycles. The number of carbonyl (C=O) groups excluding carboxylic acids is 2. The van der Waals surface area contributed by atoms with E-state index < -0.39 is 5.54 Å². The third kappa shape index (κ3) is 3.93. The fourth-order valence-corrected chi connectivity index (χ4v) is 2.33. The summed E-state index contributed by atoms with van der Waals surface area (Å²) in [5.41, 5.74) is -0.799. The second kappa shape index (κ2) is 6.89. The van der Waals surface area contributed by atoms with E-state index in [9.17, 15) is 9.59 Å². The molecule has 1 saturated heterocycles. The SMILES string of the molecule is CCCOCCCN1C(=O)C(C)(C)NC(=O)C1CC. The Morgan fingerprint density at radius 2 is 1.95 bits per heavy atom. The lowest BCUT2D eigenvalue weighted by atomic mass is 9.95. The molecule has 1 N–H and O–H groups in total. The third-order valence-electron chi connectivity index (χ3n) is 3.33. The van der Waals surface area contributed by atoms with Crippen molar-refractivity contribution < 1.29 is 14.3 Å². The molecule has 0 aromatic carbocycles. The number of hydrogen-bond donors (Lipinski definition) is 1. The molecule has 1 atom stereocenters. The van der Waals surface area contributed by atoms with Crippen LogP contribution in [0.2, 0.25) is 0 Å². The highest BCUT2D eigenvalue weighted by Gasteiger charge is 2.43. The van der Waals surface area contributed by atoms with Crippen LogP contribution >= 0.6 is 0 Å². The quantitative estimate of drug-likeness (QED) is 0.710. The maximum Gasteiger partial charge on any atom is 0.248 e. The Morgan fingerprint density at radius 3 is 2.53 bits per heavy atom. The number of rotatable bonds is 7. The lowest BCUT2D eigenvalue weighted by molar-refractivity contribution is -0.153. The van der Waals surface area contributed by atoms with Crippen LogP contribution in [0.5, 0.6) is 0 Å². The Kier molecular flexibility index (Phi) is 5.79. The summed E-state index contributed by atoms with van der Waals surface area (Å²) < 4.78 is 5.42. The molecular weight excluding hydrogens is 244 g/mol. The molecule has 1 unspecified atom stereocenters. The van der Waals surface area contributed by atoms with Crippen LogP contribution in [-0.2, 0) is 14.3 Å². The van der Waals surface area contributed by atoms with Crippen LogP contribution in [0.25, 0.3) is 0 Å². The molecule has 0 spiro atoms. The Bertz CT molecular complexity index is 329. The van der Waals surface area contributed by atoms with Crippen molar-refractivity contribution in [3.63, 3.8) is 0 Å². The highest BCUT2D eigenvalue weighted by molar-refractivity contribution is 5.99. The summed E-state index contributed by atoms with van der Waals surface area (Å²) >= 11 is 0. The van der Waals surface area contributed by atoms with E-state index in [1.165, 1.54) is 0 Å². The molecule has 2 amide bonds. The van der Waals surface area contributed by atoms with Gasteiger partial charge >= 0.3 is 0 Å². The molecule has 0 aromatic rings. The van der Waals surface area contributed by atoms with Gasteiger partial charge < -0.3 is 15.0 Å². The summed E-state index contributed by atoms with van der Waals surface area (Å²) in [5, 5.41) is 2.79. The highest BCUT2D eigenvalue weighted by Crippen LogP contribution is 2.20. The van der Waals surface area contributed by atoms with Crippen LogP contribution in [-0.4, -0.2) is 48.1 Å². The molecule has 19 heavy (non-hydrogen) atoms.